The number of fused-ring (bicyclic) bond motifs is 2. The number of amides is 1. The summed E-state index contributed by atoms with van der Waals surface area (Å²) < 4.78 is 0. The number of hydrogen-bond donors (Lipinski definition) is 1. The predicted octanol–water partition coefficient (Wildman–Crippen LogP) is 1.22. The Morgan fingerprint density at radius 3 is 3.18 bits per heavy atom. The van der Waals surface area contributed by atoms with E-state index in [0.717, 1.165) is 38.0 Å². The Balaban J connectivity index is 1.99. The molecule has 2 heterocycles. The van der Waals surface area contributed by atoms with Crippen LogP contribution in [-0.2, 0) is 12.8 Å². The molecule has 2 aliphatic heterocycles. The average Bonchev–Trinajstić information content (AvgIpc) is 2.38. The highest BCUT2D eigenvalue weighted by atomic mass is 16.2. The smallest absolute Gasteiger partial charge is 0.254 e. The summed E-state index contributed by atoms with van der Waals surface area (Å²) in [5.41, 5.74) is 3.48. The second-order valence-electron chi connectivity index (χ2n) is 4.91. The largest absolute Gasteiger partial charge is 0.333 e. The van der Waals surface area contributed by atoms with Crippen LogP contribution >= 0.6 is 0 Å². The molecular weight excluding hydrogens is 212 g/mol. The number of hydrogen-bond acceptors (Lipinski definition) is 2. The average molecular weight is 230 g/mol. The first-order valence-electron chi connectivity index (χ1n) is 6.43. The number of carbonyl (C=O) groups excluding carboxylic acids is 1. The normalized spacial score (nSPS) is 23.2. The lowest BCUT2D eigenvalue weighted by Crippen LogP contribution is -2.56. The summed E-state index contributed by atoms with van der Waals surface area (Å²) in [6.07, 6.45) is 2.04. The standard InChI is InChI=1S/C14H18N2O/c1-2-10-3-4-13-11(7-10)8-12-9-15-5-6-16(12)14(13)17/h3-4,7,12,15H,2,5-6,8-9H2,1H3/t12-/m1/s1. The van der Waals surface area contributed by atoms with Gasteiger partial charge in [0.2, 0.25) is 0 Å². The van der Waals surface area contributed by atoms with Gasteiger partial charge in [-0.05, 0) is 30.0 Å². The van der Waals surface area contributed by atoms with Crippen molar-refractivity contribution in [3.63, 3.8) is 0 Å². The number of nitrogens with zero attached hydrogens (tertiary/aromatic N) is 1. The highest BCUT2D eigenvalue weighted by Gasteiger charge is 2.33. The van der Waals surface area contributed by atoms with Crippen LogP contribution in [0.4, 0.5) is 0 Å². The molecule has 1 fully saturated rings. The van der Waals surface area contributed by atoms with E-state index in [0.29, 0.717) is 6.04 Å². The van der Waals surface area contributed by atoms with Crippen molar-refractivity contribution < 1.29 is 4.79 Å². The van der Waals surface area contributed by atoms with E-state index in [1.807, 2.05) is 11.0 Å². The van der Waals surface area contributed by atoms with Gasteiger partial charge < -0.3 is 10.2 Å². The van der Waals surface area contributed by atoms with Crippen molar-refractivity contribution in [2.45, 2.75) is 25.8 Å². The molecule has 0 radical (unpaired) electrons. The lowest BCUT2D eigenvalue weighted by atomic mass is 9.90. The highest BCUT2D eigenvalue weighted by molar-refractivity contribution is 5.97. The van der Waals surface area contributed by atoms with E-state index in [4.69, 9.17) is 0 Å². The van der Waals surface area contributed by atoms with Crippen LogP contribution in [0.5, 0.6) is 0 Å². The molecule has 17 heavy (non-hydrogen) atoms. The molecule has 2 aliphatic rings. The van der Waals surface area contributed by atoms with E-state index < -0.39 is 0 Å². The molecule has 90 valence electrons. The van der Waals surface area contributed by atoms with Crippen LogP contribution in [0.15, 0.2) is 18.2 Å². The van der Waals surface area contributed by atoms with Crippen molar-refractivity contribution in [1.29, 1.82) is 0 Å². The molecule has 3 nitrogen and oxygen atoms in total. The first-order valence-corrected chi connectivity index (χ1v) is 6.43. The van der Waals surface area contributed by atoms with Gasteiger partial charge in [0.25, 0.3) is 5.91 Å². The number of rotatable bonds is 1. The number of aryl methyl sites for hydroxylation is 1. The molecule has 0 unspecified atom stereocenters. The first kappa shape index (κ1) is 10.8. The van der Waals surface area contributed by atoms with Gasteiger partial charge in [0.15, 0.2) is 0 Å². The number of carbonyl (C=O) groups is 1. The summed E-state index contributed by atoms with van der Waals surface area (Å²) in [5.74, 6) is 0.223. The molecule has 1 amide bonds. The van der Waals surface area contributed by atoms with E-state index in [9.17, 15) is 4.79 Å². The third kappa shape index (κ3) is 1.75. The SMILES string of the molecule is CCc1ccc2c(c1)C[C@@H]1CNCCN1C2=O. The molecule has 3 heteroatoms. The molecule has 0 aliphatic carbocycles. The molecule has 0 aromatic heterocycles. The van der Waals surface area contributed by atoms with Gasteiger partial charge in [0.1, 0.15) is 0 Å². The van der Waals surface area contributed by atoms with Crippen LogP contribution in [0.2, 0.25) is 0 Å². The maximum Gasteiger partial charge on any atom is 0.254 e. The van der Waals surface area contributed by atoms with Crippen LogP contribution in [-0.4, -0.2) is 36.5 Å². The quantitative estimate of drug-likeness (QED) is 0.786. The minimum atomic E-state index is 0.223. The fourth-order valence-corrected chi connectivity index (χ4v) is 2.86. The molecule has 1 atom stereocenters. The summed E-state index contributed by atoms with van der Waals surface area (Å²) in [7, 11) is 0. The molecule has 1 aromatic carbocycles. The Labute approximate surface area is 102 Å². The number of piperazine rings is 1. The summed E-state index contributed by atoms with van der Waals surface area (Å²) >= 11 is 0. The second-order valence-corrected chi connectivity index (χ2v) is 4.91. The second kappa shape index (κ2) is 4.15. The monoisotopic (exact) mass is 230 g/mol. The Kier molecular flexibility index (Phi) is 2.63. The molecule has 1 N–H and O–H groups in total. The summed E-state index contributed by atoms with van der Waals surface area (Å²) in [4.78, 5) is 14.4. The lowest BCUT2D eigenvalue weighted by molar-refractivity contribution is 0.0606. The van der Waals surface area contributed by atoms with Crippen molar-refractivity contribution in [1.82, 2.24) is 10.2 Å². The van der Waals surface area contributed by atoms with Crippen LogP contribution in [0.1, 0.15) is 28.4 Å². The zero-order valence-electron chi connectivity index (χ0n) is 10.2. The molecule has 1 saturated heterocycles. The zero-order chi connectivity index (χ0) is 11.8. The fraction of sp³-hybridized carbons (Fsp3) is 0.500. The van der Waals surface area contributed by atoms with Crippen molar-refractivity contribution in [2.75, 3.05) is 19.6 Å². The number of benzene rings is 1. The zero-order valence-corrected chi connectivity index (χ0v) is 10.2. The topological polar surface area (TPSA) is 32.3 Å². The minimum absolute atomic E-state index is 0.223. The summed E-state index contributed by atoms with van der Waals surface area (Å²) in [6.45, 7) is 4.85. The molecule has 1 aromatic rings. The van der Waals surface area contributed by atoms with Crippen LogP contribution in [0.3, 0.4) is 0 Å². The molecule has 0 spiro atoms. The Morgan fingerprint density at radius 2 is 2.35 bits per heavy atom. The van der Waals surface area contributed by atoms with Crippen molar-refractivity contribution >= 4 is 5.91 Å². The van der Waals surface area contributed by atoms with Gasteiger partial charge in [-0.2, -0.15) is 0 Å². The molecule has 3 rings (SSSR count). The van der Waals surface area contributed by atoms with Crippen LogP contribution in [0.25, 0.3) is 0 Å². The van der Waals surface area contributed by atoms with Crippen molar-refractivity contribution in [3.8, 4) is 0 Å². The van der Waals surface area contributed by atoms with E-state index in [1.54, 1.807) is 0 Å². The highest BCUT2D eigenvalue weighted by Crippen LogP contribution is 2.25. The molecular formula is C14H18N2O. The van der Waals surface area contributed by atoms with Gasteiger partial charge >= 0.3 is 0 Å². The van der Waals surface area contributed by atoms with E-state index in [-0.39, 0.29) is 5.91 Å². The van der Waals surface area contributed by atoms with Crippen LogP contribution in [0, 0.1) is 0 Å². The van der Waals surface area contributed by atoms with Gasteiger partial charge in [-0.3, -0.25) is 4.79 Å². The maximum atomic E-state index is 12.3. The summed E-state index contributed by atoms with van der Waals surface area (Å²) in [6, 6.07) is 6.66. The van der Waals surface area contributed by atoms with E-state index in [1.165, 1.54) is 11.1 Å². The van der Waals surface area contributed by atoms with E-state index >= 15 is 0 Å². The summed E-state index contributed by atoms with van der Waals surface area (Å²) in [5, 5.41) is 3.37. The third-order valence-corrected chi connectivity index (χ3v) is 3.87. The first-order chi connectivity index (χ1) is 8.29. The van der Waals surface area contributed by atoms with Crippen LogP contribution < -0.4 is 5.32 Å². The third-order valence-electron chi connectivity index (χ3n) is 3.87. The lowest BCUT2D eigenvalue weighted by Gasteiger charge is -2.40. The van der Waals surface area contributed by atoms with Gasteiger partial charge in [-0.25, -0.2) is 0 Å². The van der Waals surface area contributed by atoms with Gasteiger partial charge in [0, 0.05) is 31.2 Å². The molecule has 0 bridgehead atoms. The maximum absolute atomic E-state index is 12.3. The minimum Gasteiger partial charge on any atom is -0.333 e. The number of nitrogens with one attached hydrogen (secondary N) is 1. The molecule has 0 saturated carbocycles. The van der Waals surface area contributed by atoms with Gasteiger partial charge in [-0.15, -0.1) is 0 Å². The predicted molar refractivity (Wildman–Crippen MR) is 67.2 cm³/mol. The Bertz CT molecular complexity index is 456. The van der Waals surface area contributed by atoms with E-state index in [2.05, 4.69) is 24.4 Å². The Hall–Kier alpha value is -1.35. The van der Waals surface area contributed by atoms with Gasteiger partial charge in [0.05, 0.1) is 0 Å². The van der Waals surface area contributed by atoms with Crippen molar-refractivity contribution in [2.24, 2.45) is 0 Å². The Morgan fingerprint density at radius 1 is 1.47 bits per heavy atom. The van der Waals surface area contributed by atoms with Crippen molar-refractivity contribution in [3.05, 3.63) is 34.9 Å². The fourth-order valence-electron chi connectivity index (χ4n) is 2.86. The van der Waals surface area contributed by atoms with Gasteiger partial charge in [-0.1, -0.05) is 19.1 Å².